The summed E-state index contributed by atoms with van der Waals surface area (Å²) in [5.41, 5.74) is 0. The minimum absolute atomic E-state index is 0.313. The van der Waals surface area contributed by atoms with Gasteiger partial charge in [-0.2, -0.15) is 13.2 Å². The molecule has 0 aliphatic carbocycles. The van der Waals surface area contributed by atoms with E-state index in [1.807, 2.05) is 0 Å². The molecule has 0 bridgehead atoms. The summed E-state index contributed by atoms with van der Waals surface area (Å²) in [6.45, 7) is 6.53. The molecular formula is C11H17F3N4. The minimum atomic E-state index is -4.41. The third-order valence-corrected chi connectivity index (χ3v) is 3.35. The third-order valence-electron chi connectivity index (χ3n) is 3.35. The first-order valence-corrected chi connectivity index (χ1v) is 6.13. The number of hydrogen-bond acceptors (Lipinski definition) is 3. The predicted octanol–water partition coefficient (Wildman–Crippen LogP) is 2.16. The van der Waals surface area contributed by atoms with Gasteiger partial charge in [0.2, 0.25) is 5.82 Å². The predicted molar refractivity (Wildman–Crippen MR) is 59.8 cm³/mol. The van der Waals surface area contributed by atoms with Crippen LogP contribution < -0.4 is 0 Å². The Hall–Kier alpha value is -1.11. The highest BCUT2D eigenvalue weighted by Crippen LogP contribution is 2.29. The Morgan fingerprint density at radius 3 is 2.61 bits per heavy atom. The van der Waals surface area contributed by atoms with Crippen LogP contribution in [0.15, 0.2) is 0 Å². The Kier molecular flexibility index (Phi) is 3.61. The quantitative estimate of drug-likeness (QED) is 0.837. The molecule has 7 heteroatoms. The maximum absolute atomic E-state index is 12.6. The Labute approximate surface area is 104 Å². The van der Waals surface area contributed by atoms with Crippen LogP contribution in [-0.4, -0.2) is 32.8 Å². The first kappa shape index (κ1) is 13.3. The zero-order valence-corrected chi connectivity index (χ0v) is 10.5. The molecule has 0 N–H and O–H groups in total. The summed E-state index contributed by atoms with van der Waals surface area (Å²) in [5.74, 6) is 0.0825. The van der Waals surface area contributed by atoms with E-state index in [9.17, 15) is 13.2 Å². The van der Waals surface area contributed by atoms with Gasteiger partial charge in [0.15, 0.2) is 0 Å². The lowest BCUT2D eigenvalue weighted by atomic mass is 10.1. The van der Waals surface area contributed by atoms with E-state index in [0.717, 1.165) is 13.0 Å². The van der Waals surface area contributed by atoms with E-state index in [1.54, 1.807) is 0 Å². The first-order valence-electron chi connectivity index (χ1n) is 6.13. The molecule has 1 atom stereocenters. The lowest BCUT2D eigenvalue weighted by Gasteiger charge is -2.29. The first-order chi connectivity index (χ1) is 8.41. The highest BCUT2D eigenvalue weighted by atomic mass is 19.4. The van der Waals surface area contributed by atoms with Crippen molar-refractivity contribution in [2.75, 3.05) is 13.1 Å². The van der Waals surface area contributed by atoms with Crippen LogP contribution in [0.2, 0.25) is 0 Å². The molecule has 0 saturated carbocycles. The second-order valence-corrected chi connectivity index (χ2v) is 4.84. The fraction of sp³-hybridized carbons (Fsp3) is 0.818. The number of hydrogen-bond donors (Lipinski definition) is 0. The molecule has 0 spiro atoms. The summed E-state index contributed by atoms with van der Waals surface area (Å²) >= 11 is 0. The van der Waals surface area contributed by atoms with E-state index < -0.39 is 12.0 Å². The van der Waals surface area contributed by atoms with Crippen molar-refractivity contribution in [3.8, 4) is 0 Å². The third kappa shape index (κ3) is 2.66. The number of fused-ring (bicyclic) bond motifs is 1. The Bertz CT molecular complexity index is 413. The Morgan fingerprint density at radius 1 is 1.28 bits per heavy atom. The van der Waals surface area contributed by atoms with Gasteiger partial charge in [0.1, 0.15) is 5.82 Å². The van der Waals surface area contributed by atoms with E-state index in [1.165, 1.54) is 4.57 Å². The van der Waals surface area contributed by atoms with Crippen molar-refractivity contribution in [3.05, 3.63) is 11.6 Å². The molecule has 1 unspecified atom stereocenters. The van der Waals surface area contributed by atoms with Crippen molar-refractivity contribution in [1.29, 1.82) is 0 Å². The second-order valence-electron chi connectivity index (χ2n) is 4.84. The van der Waals surface area contributed by atoms with Crippen molar-refractivity contribution in [3.63, 3.8) is 0 Å². The number of nitrogens with zero attached hydrogens (tertiary/aromatic N) is 4. The Balaban J connectivity index is 2.10. The smallest absolute Gasteiger partial charge is 0.305 e. The van der Waals surface area contributed by atoms with Crippen LogP contribution in [0.1, 0.15) is 31.9 Å². The van der Waals surface area contributed by atoms with Crippen molar-refractivity contribution in [2.45, 2.75) is 39.5 Å². The molecule has 2 heterocycles. The van der Waals surface area contributed by atoms with Gasteiger partial charge in [-0.3, -0.25) is 4.90 Å². The molecule has 0 saturated heterocycles. The van der Waals surface area contributed by atoms with Gasteiger partial charge in [-0.1, -0.05) is 20.3 Å². The number of halogens is 3. The van der Waals surface area contributed by atoms with Crippen molar-refractivity contribution >= 4 is 0 Å². The van der Waals surface area contributed by atoms with Crippen LogP contribution in [0, 0.1) is 5.92 Å². The fourth-order valence-corrected chi connectivity index (χ4v) is 2.14. The van der Waals surface area contributed by atoms with E-state index in [-0.39, 0.29) is 0 Å². The van der Waals surface area contributed by atoms with Crippen LogP contribution in [0.25, 0.3) is 0 Å². The molecule has 4 nitrogen and oxygen atoms in total. The Morgan fingerprint density at radius 2 is 2.00 bits per heavy atom. The van der Waals surface area contributed by atoms with Gasteiger partial charge in [-0.05, 0) is 5.92 Å². The van der Waals surface area contributed by atoms with Gasteiger partial charge in [-0.25, -0.2) is 0 Å². The summed E-state index contributed by atoms with van der Waals surface area (Å²) in [5, 5.41) is 6.92. The normalized spacial score (nSPS) is 18.7. The second kappa shape index (κ2) is 4.87. The minimum Gasteiger partial charge on any atom is -0.305 e. The van der Waals surface area contributed by atoms with Gasteiger partial charge >= 0.3 is 6.18 Å². The zero-order chi connectivity index (χ0) is 13.3. The number of aromatic nitrogens is 3. The summed E-state index contributed by atoms with van der Waals surface area (Å²) in [4.78, 5) is 2.14. The topological polar surface area (TPSA) is 34.0 Å². The van der Waals surface area contributed by atoms with Crippen LogP contribution >= 0.6 is 0 Å². The lowest BCUT2D eigenvalue weighted by molar-refractivity contribution is -0.148. The van der Waals surface area contributed by atoms with Gasteiger partial charge in [0, 0.05) is 19.6 Å². The highest BCUT2D eigenvalue weighted by molar-refractivity contribution is 5.02. The van der Waals surface area contributed by atoms with E-state index in [2.05, 4.69) is 28.9 Å². The van der Waals surface area contributed by atoms with Crippen LogP contribution in [-0.2, 0) is 19.3 Å². The van der Waals surface area contributed by atoms with E-state index >= 15 is 0 Å². The zero-order valence-electron chi connectivity index (χ0n) is 10.5. The summed E-state index contributed by atoms with van der Waals surface area (Å²) in [7, 11) is 0. The standard InChI is InChI=1S/C11H17F3N4/c1-3-8(2)6-17-4-5-18-9(7-17)15-16-10(18)11(12,13)14/h8H,3-7H2,1-2H3. The maximum atomic E-state index is 12.6. The molecule has 0 radical (unpaired) electrons. The largest absolute Gasteiger partial charge is 0.451 e. The lowest BCUT2D eigenvalue weighted by Crippen LogP contribution is -2.37. The van der Waals surface area contributed by atoms with Crippen LogP contribution in [0.5, 0.6) is 0 Å². The summed E-state index contributed by atoms with van der Waals surface area (Å²) in [6, 6.07) is 0. The molecule has 102 valence electrons. The molecule has 1 aromatic heterocycles. The molecule has 0 amide bonds. The summed E-state index contributed by atoms with van der Waals surface area (Å²) in [6.07, 6.45) is -3.35. The molecule has 1 aromatic rings. The summed E-state index contributed by atoms with van der Waals surface area (Å²) < 4.78 is 39.1. The molecule has 18 heavy (non-hydrogen) atoms. The SMILES string of the molecule is CCC(C)CN1CCn2c(nnc2C(F)(F)F)C1. The van der Waals surface area contributed by atoms with Crippen molar-refractivity contribution in [1.82, 2.24) is 19.7 Å². The van der Waals surface area contributed by atoms with E-state index in [4.69, 9.17) is 0 Å². The number of rotatable bonds is 3. The van der Waals surface area contributed by atoms with Gasteiger partial charge in [-0.15, -0.1) is 10.2 Å². The fourth-order valence-electron chi connectivity index (χ4n) is 2.14. The maximum Gasteiger partial charge on any atom is 0.451 e. The van der Waals surface area contributed by atoms with Crippen LogP contribution in [0.3, 0.4) is 0 Å². The van der Waals surface area contributed by atoms with Crippen molar-refractivity contribution in [2.24, 2.45) is 5.92 Å². The average Bonchev–Trinajstić information content (AvgIpc) is 2.71. The van der Waals surface area contributed by atoms with E-state index in [0.29, 0.717) is 31.4 Å². The molecule has 0 aromatic carbocycles. The highest BCUT2D eigenvalue weighted by Gasteiger charge is 2.39. The number of alkyl halides is 3. The molecule has 1 aliphatic heterocycles. The monoisotopic (exact) mass is 262 g/mol. The van der Waals surface area contributed by atoms with Crippen molar-refractivity contribution < 1.29 is 13.2 Å². The molecule has 0 fully saturated rings. The van der Waals surface area contributed by atoms with Gasteiger partial charge in [0.25, 0.3) is 0 Å². The van der Waals surface area contributed by atoms with Gasteiger partial charge < -0.3 is 4.57 Å². The van der Waals surface area contributed by atoms with Gasteiger partial charge in [0.05, 0.1) is 6.54 Å². The molecule has 2 rings (SSSR count). The molecule has 1 aliphatic rings. The van der Waals surface area contributed by atoms with Crippen LogP contribution in [0.4, 0.5) is 13.2 Å². The average molecular weight is 262 g/mol. The molecular weight excluding hydrogens is 245 g/mol.